The highest BCUT2D eigenvalue weighted by Gasteiger charge is 2.33. The van der Waals surface area contributed by atoms with E-state index < -0.39 is 0 Å². The summed E-state index contributed by atoms with van der Waals surface area (Å²) in [5.41, 5.74) is 2.28. The predicted octanol–water partition coefficient (Wildman–Crippen LogP) is 3.14. The van der Waals surface area contributed by atoms with Crippen LogP contribution >= 0.6 is 11.3 Å². The summed E-state index contributed by atoms with van der Waals surface area (Å²) in [7, 11) is 1.72. The third-order valence-electron chi connectivity index (χ3n) is 4.89. The number of fused-ring (bicyclic) bond motifs is 1. The number of aromatic nitrogens is 2. The van der Waals surface area contributed by atoms with Gasteiger partial charge in [-0.05, 0) is 36.3 Å². The first-order chi connectivity index (χ1) is 12.2. The maximum Gasteiger partial charge on any atom is 0.246 e. The highest BCUT2D eigenvalue weighted by molar-refractivity contribution is 7.10. The number of nitrogens with zero attached hydrogens (tertiary/aromatic N) is 3. The van der Waals surface area contributed by atoms with Crippen molar-refractivity contribution in [2.75, 3.05) is 20.3 Å². The molecule has 1 fully saturated rings. The number of ether oxygens (including phenoxy) is 1. The molecule has 0 saturated heterocycles. The minimum Gasteiger partial charge on any atom is -0.384 e. The van der Waals surface area contributed by atoms with Crippen molar-refractivity contribution in [3.8, 4) is 0 Å². The average molecular weight is 357 g/mol. The molecular formula is C19H23N3O2S. The zero-order valence-electron chi connectivity index (χ0n) is 14.4. The molecule has 2 aliphatic rings. The average Bonchev–Trinajstić information content (AvgIpc) is 3.10. The van der Waals surface area contributed by atoms with Crippen molar-refractivity contribution in [3.63, 3.8) is 0 Å². The summed E-state index contributed by atoms with van der Waals surface area (Å²) in [6.07, 6.45) is 8.14. The first kappa shape index (κ1) is 16.5. The van der Waals surface area contributed by atoms with Gasteiger partial charge in [-0.1, -0.05) is 6.07 Å². The quantitative estimate of drug-likeness (QED) is 0.746. The van der Waals surface area contributed by atoms with E-state index in [1.165, 1.54) is 18.5 Å². The van der Waals surface area contributed by atoms with Gasteiger partial charge >= 0.3 is 0 Å². The summed E-state index contributed by atoms with van der Waals surface area (Å²) in [4.78, 5) is 20.2. The molecule has 6 heteroatoms. The Balaban J connectivity index is 1.52. The SMILES string of the molecule is COCC1CN(C(=O)/C=C/c2cccs2)Cc2ncn(CC3CC3)c21. The molecule has 2 aromatic rings. The molecule has 2 aromatic heterocycles. The van der Waals surface area contributed by atoms with Crippen LogP contribution in [0.25, 0.3) is 6.08 Å². The van der Waals surface area contributed by atoms with Crippen LogP contribution in [0.1, 0.15) is 35.0 Å². The molecule has 0 aromatic carbocycles. The number of hydrogen-bond acceptors (Lipinski definition) is 4. The van der Waals surface area contributed by atoms with Crippen molar-refractivity contribution in [3.05, 3.63) is 46.2 Å². The van der Waals surface area contributed by atoms with Crippen LogP contribution in [0.2, 0.25) is 0 Å². The van der Waals surface area contributed by atoms with E-state index in [2.05, 4.69) is 9.55 Å². The Labute approximate surface area is 151 Å². The van der Waals surface area contributed by atoms with E-state index in [1.807, 2.05) is 34.8 Å². The lowest BCUT2D eigenvalue weighted by atomic mass is 9.98. The van der Waals surface area contributed by atoms with Crippen LogP contribution < -0.4 is 0 Å². The lowest BCUT2D eigenvalue weighted by molar-refractivity contribution is -0.127. The van der Waals surface area contributed by atoms with Crippen LogP contribution in [-0.4, -0.2) is 40.6 Å². The van der Waals surface area contributed by atoms with Crippen molar-refractivity contribution < 1.29 is 9.53 Å². The number of methoxy groups -OCH3 is 1. The molecule has 1 saturated carbocycles. The van der Waals surface area contributed by atoms with Crippen LogP contribution in [-0.2, 0) is 22.6 Å². The number of carbonyl (C=O) groups excluding carboxylic acids is 1. The summed E-state index contributed by atoms with van der Waals surface area (Å²) in [6, 6.07) is 4.00. The van der Waals surface area contributed by atoms with Gasteiger partial charge in [-0.15, -0.1) is 11.3 Å². The summed E-state index contributed by atoms with van der Waals surface area (Å²) in [5, 5.41) is 2.01. The number of rotatable bonds is 6. The molecule has 0 spiro atoms. The largest absolute Gasteiger partial charge is 0.384 e. The van der Waals surface area contributed by atoms with E-state index in [4.69, 9.17) is 4.74 Å². The van der Waals surface area contributed by atoms with Gasteiger partial charge in [0.2, 0.25) is 5.91 Å². The van der Waals surface area contributed by atoms with Crippen molar-refractivity contribution in [2.24, 2.45) is 5.92 Å². The van der Waals surface area contributed by atoms with Gasteiger partial charge in [-0.25, -0.2) is 4.98 Å². The van der Waals surface area contributed by atoms with Gasteiger partial charge in [0, 0.05) is 42.8 Å². The normalized spacial score (nSPS) is 20.2. The molecule has 0 bridgehead atoms. The van der Waals surface area contributed by atoms with Gasteiger partial charge in [0.15, 0.2) is 0 Å². The number of imidazole rings is 1. The molecular weight excluding hydrogens is 334 g/mol. The number of carbonyl (C=O) groups is 1. The Morgan fingerprint density at radius 1 is 1.48 bits per heavy atom. The van der Waals surface area contributed by atoms with E-state index in [0.29, 0.717) is 19.7 Å². The molecule has 1 aliphatic carbocycles. The van der Waals surface area contributed by atoms with Crippen LogP contribution in [0.4, 0.5) is 0 Å². The summed E-state index contributed by atoms with van der Waals surface area (Å²) >= 11 is 1.63. The number of hydrogen-bond donors (Lipinski definition) is 0. The van der Waals surface area contributed by atoms with Crippen molar-refractivity contribution in [2.45, 2.75) is 31.8 Å². The maximum absolute atomic E-state index is 12.6. The molecule has 3 heterocycles. The second kappa shape index (κ2) is 7.14. The second-order valence-corrected chi connectivity index (χ2v) is 7.87. The highest BCUT2D eigenvalue weighted by atomic mass is 32.1. The third kappa shape index (κ3) is 3.70. The fraction of sp³-hybridized carbons (Fsp3) is 0.474. The molecule has 1 atom stereocenters. The fourth-order valence-corrected chi connectivity index (χ4v) is 4.11. The lowest BCUT2D eigenvalue weighted by Gasteiger charge is -2.32. The maximum atomic E-state index is 12.6. The van der Waals surface area contributed by atoms with Gasteiger partial charge in [0.05, 0.1) is 25.2 Å². The van der Waals surface area contributed by atoms with E-state index in [0.717, 1.165) is 23.0 Å². The molecule has 0 radical (unpaired) electrons. The molecule has 5 nitrogen and oxygen atoms in total. The smallest absolute Gasteiger partial charge is 0.246 e. The second-order valence-electron chi connectivity index (χ2n) is 6.89. The van der Waals surface area contributed by atoms with Gasteiger partial charge in [-0.2, -0.15) is 0 Å². The standard InChI is InChI=1S/C19H23N3O2S/c1-24-12-15-10-21(18(23)7-6-16-3-2-8-25-16)11-17-19(15)22(13-20-17)9-14-4-5-14/h2-3,6-8,13-15H,4-5,9-12H2,1H3/b7-6+. The molecule has 0 N–H and O–H groups in total. The van der Waals surface area contributed by atoms with Crippen LogP contribution in [0.3, 0.4) is 0 Å². The molecule has 1 unspecified atom stereocenters. The van der Waals surface area contributed by atoms with E-state index in [-0.39, 0.29) is 11.8 Å². The zero-order valence-corrected chi connectivity index (χ0v) is 15.2. The topological polar surface area (TPSA) is 47.4 Å². The molecule has 1 amide bonds. The van der Waals surface area contributed by atoms with Crippen LogP contribution in [0.5, 0.6) is 0 Å². The Morgan fingerprint density at radius 3 is 3.08 bits per heavy atom. The fourth-order valence-electron chi connectivity index (χ4n) is 3.49. The first-order valence-corrected chi connectivity index (χ1v) is 9.66. The molecule has 1 aliphatic heterocycles. The van der Waals surface area contributed by atoms with E-state index in [1.54, 1.807) is 24.5 Å². The van der Waals surface area contributed by atoms with Crippen molar-refractivity contribution >= 4 is 23.3 Å². The first-order valence-electron chi connectivity index (χ1n) is 8.78. The Hall–Kier alpha value is -1.92. The summed E-state index contributed by atoms with van der Waals surface area (Å²) in [6.45, 7) is 2.93. The lowest BCUT2D eigenvalue weighted by Crippen LogP contribution is -2.39. The molecule has 132 valence electrons. The minimum absolute atomic E-state index is 0.0388. The minimum atomic E-state index is 0.0388. The Bertz CT molecular complexity index is 762. The van der Waals surface area contributed by atoms with Gasteiger partial charge < -0.3 is 14.2 Å². The molecule has 4 rings (SSSR count). The highest BCUT2D eigenvalue weighted by Crippen LogP contribution is 2.34. The zero-order chi connectivity index (χ0) is 17.2. The Morgan fingerprint density at radius 2 is 2.36 bits per heavy atom. The van der Waals surface area contributed by atoms with Gasteiger partial charge in [-0.3, -0.25) is 4.79 Å². The summed E-state index contributed by atoms with van der Waals surface area (Å²) in [5.74, 6) is 1.03. The third-order valence-corrected chi connectivity index (χ3v) is 5.73. The van der Waals surface area contributed by atoms with E-state index >= 15 is 0 Å². The van der Waals surface area contributed by atoms with Crippen molar-refractivity contribution in [1.82, 2.24) is 14.5 Å². The van der Waals surface area contributed by atoms with E-state index in [9.17, 15) is 4.79 Å². The Kier molecular flexibility index (Phi) is 4.72. The predicted molar refractivity (Wildman–Crippen MR) is 98.3 cm³/mol. The monoisotopic (exact) mass is 357 g/mol. The molecule has 25 heavy (non-hydrogen) atoms. The number of amides is 1. The van der Waals surface area contributed by atoms with Gasteiger partial charge in [0.1, 0.15) is 0 Å². The summed E-state index contributed by atoms with van der Waals surface area (Å²) < 4.78 is 7.73. The van der Waals surface area contributed by atoms with Crippen molar-refractivity contribution in [1.29, 1.82) is 0 Å². The van der Waals surface area contributed by atoms with Crippen LogP contribution in [0.15, 0.2) is 29.9 Å². The van der Waals surface area contributed by atoms with Crippen LogP contribution in [0, 0.1) is 5.92 Å². The van der Waals surface area contributed by atoms with Gasteiger partial charge in [0.25, 0.3) is 0 Å². The number of thiophene rings is 1.